The highest BCUT2D eigenvalue weighted by Gasteiger charge is 2.40. The Bertz CT molecular complexity index is 1330. The minimum atomic E-state index is -3.79. The van der Waals surface area contributed by atoms with Crippen molar-refractivity contribution in [3.05, 3.63) is 82.6 Å². The van der Waals surface area contributed by atoms with Gasteiger partial charge >= 0.3 is 0 Å². The predicted octanol–water partition coefficient (Wildman–Crippen LogP) is 5.09. The van der Waals surface area contributed by atoms with Crippen LogP contribution in [0.2, 0.25) is 0 Å². The lowest BCUT2D eigenvalue weighted by Gasteiger charge is -2.37. The van der Waals surface area contributed by atoms with E-state index in [2.05, 4.69) is 10.2 Å². The van der Waals surface area contributed by atoms with E-state index in [9.17, 15) is 13.2 Å². The number of nitrogens with zero attached hydrogens (tertiary/aromatic N) is 3. The van der Waals surface area contributed by atoms with Crippen LogP contribution in [0, 0.1) is 18.6 Å². The summed E-state index contributed by atoms with van der Waals surface area (Å²) in [7, 11) is -3.79. The molecular formula is C25H27F2N3O4S. The van der Waals surface area contributed by atoms with Gasteiger partial charge in [-0.1, -0.05) is 37.3 Å². The molecule has 4 rings (SSSR count). The van der Waals surface area contributed by atoms with Gasteiger partial charge in [0.15, 0.2) is 0 Å². The zero-order valence-electron chi connectivity index (χ0n) is 19.7. The van der Waals surface area contributed by atoms with Crippen molar-refractivity contribution in [2.45, 2.75) is 63.8 Å². The molecule has 10 heteroatoms. The third-order valence-corrected chi connectivity index (χ3v) is 8.84. The van der Waals surface area contributed by atoms with E-state index in [-0.39, 0.29) is 41.9 Å². The van der Waals surface area contributed by atoms with Gasteiger partial charge in [-0.05, 0) is 48.9 Å². The predicted molar refractivity (Wildman–Crippen MR) is 125 cm³/mol. The Morgan fingerprint density at radius 2 is 1.86 bits per heavy atom. The number of benzene rings is 2. The second-order valence-electron chi connectivity index (χ2n) is 9.04. The van der Waals surface area contributed by atoms with E-state index in [1.54, 1.807) is 45.0 Å². The standard InChI is InChI=1S/C25H27F2N3O4S/c1-15(11-23(31)25-29-28-17(3)34-25)20-13-21(26)19(12-22(20)27)14-30-16(2)9-10-24(35(30,32)33)18-7-5-4-6-8-18/h4-8,12-13,15-16,24H,9-11,14H2,1-3H3/t15?,16-,24+/m1/s1. The fraction of sp³-hybridized carbons (Fsp3) is 0.400. The monoisotopic (exact) mass is 503 g/mol. The van der Waals surface area contributed by atoms with Crippen molar-refractivity contribution in [3.63, 3.8) is 0 Å². The van der Waals surface area contributed by atoms with Gasteiger partial charge < -0.3 is 4.42 Å². The maximum absolute atomic E-state index is 15.1. The van der Waals surface area contributed by atoms with Gasteiger partial charge in [-0.3, -0.25) is 4.79 Å². The average molecular weight is 504 g/mol. The summed E-state index contributed by atoms with van der Waals surface area (Å²) in [6.07, 6.45) is 0.924. The number of halogens is 2. The zero-order valence-corrected chi connectivity index (χ0v) is 20.6. The highest BCUT2D eigenvalue weighted by Crippen LogP contribution is 2.38. The molecule has 1 aromatic heterocycles. The second-order valence-corrected chi connectivity index (χ2v) is 11.1. The molecule has 0 N–H and O–H groups in total. The topological polar surface area (TPSA) is 93.4 Å². The minimum absolute atomic E-state index is 0.0209. The summed E-state index contributed by atoms with van der Waals surface area (Å²) in [5, 5.41) is 6.54. The number of carbonyl (C=O) groups is 1. The third-order valence-electron chi connectivity index (χ3n) is 6.47. The van der Waals surface area contributed by atoms with Gasteiger partial charge in [0.2, 0.25) is 21.7 Å². The molecule has 1 aliphatic heterocycles. The molecule has 0 bridgehead atoms. The summed E-state index contributed by atoms with van der Waals surface area (Å²) in [5.41, 5.74) is 0.648. The molecule has 0 saturated carbocycles. The number of Topliss-reactive ketones (excluding diaryl/α,β-unsaturated/α-hetero) is 1. The molecule has 1 fully saturated rings. The molecule has 1 aliphatic rings. The molecule has 0 spiro atoms. The Morgan fingerprint density at radius 1 is 1.14 bits per heavy atom. The fourth-order valence-electron chi connectivity index (χ4n) is 4.51. The van der Waals surface area contributed by atoms with Crippen molar-refractivity contribution in [2.24, 2.45) is 0 Å². The van der Waals surface area contributed by atoms with Crippen LogP contribution in [0.4, 0.5) is 8.78 Å². The van der Waals surface area contributed by atoms with Crippen molar-refractivity contribution >= 4 is 15.8 Å². The molecule has 2 aromatic carbocycles. The van der Waals surface area contributed by atoms with Crippen LogP contribution in [-0.2, 0) is 16.6 Å². The normalized spacial score (nSPS) is 21.1. The maximum atomic E-state index is 15.1. The molecule has 2 heterocycles. The van der Waals surface area contributed by atoms with E-state index in [0.29, 0.717) is 18.4 Å². The van der Waals surface area contributed by atoms with Crippen LogP contribution in [0.25, 0.3) is 0 Å². The molecule has 1 unspecified atom stereocenters. The summed E-state index contributed by atoms with van der Waals surface area (Å²) in [4.78, 5) is 12.3. The first kappa shape index (κ1) is 25.1. The van der Waals surface area contributed by atoms with Crippen molar-refractivity contribution in [2.75, 3.05) is 0 Å². The molecule has 3 atom stereocenters. The van der Waals surface area contributed by atoms with Crippen LogP contribution < -0.4 is 0 Å². The molecule has 7 nitrogen and oxygen atoms in total. The van der Waals surface area contributed by atoms with Gasteiger partial charge in [-0.25, -0.2) is 17.2 Å². The lowest BCUT2D eigenvalue weighted by Crippen LogP contribution is -2.44. The number of hydrogen-bond donors (Lipinski definition) is 0. The first-order valence-electron chi connectivity index (χ1n) is 11.4. The maximum Gasteiger partial charge on any atom is 0.283 e. The summed E-state index contributed by atoms with van der Waals surface area (Å²) >= 11 is 0. The summed E-state index contributed by atoms with van der Waals surface area (Å²) in [6.45, 7) is 4.64. The van der Waals surface area contributed by atoms with E-state index in [0.717, 1.165) is 12.1 Å². The minimum Gasteiger partial charge on any atom is -0.419 e. The van der Waals surface area contributed by atoms with E-state index >= 15 is 8.78 Å². The van der Waals surface area contributed by atoms with Crippen LogP contribution in [0.5, 0.6) is 0 Å². The number of ketones is 1. The van der Waals surface area contributed by atoms with Gasteiger partial charge in [-0.2, -0.15) is 4.31 Å². The molecular weight excluding hydrogens is 476 g/mol. The van der Waals surface area contributed by atoms with Crippen LogP contribution in [-0.4, -0.2) is 34.7 Å². The van der Waals surface area contributed by atoms with Crippen molar-refractivity contribution in [1.82, 2.24) is 14.5 Å². The Kier molecular flexibility index (Phi) is 7.14. The van der Waals surface area contributed by atoms with Crippen molar-refractivity contribution < 1.29 is 26.4 Å². The number of aryl methyl sites for hydroxylation is 1. The number of carbonyl (C=O) groups excluding carboxylic acids is 1. The molecule has 35 heavy (non-hydrogen) atoms. The Morgan fingerprint density at radius 3 is 2.51 bits per heavy atom. The highest BCUT2D eigenvalue weighted by molar-refractivity contribution is 7.89. The smallest absolute Gasteiger partial charge is 0.283 e. The summed E-state index contributed by atoms with van der Waals surface area (Å²) < 4.78 is 63.3. The van der Waals surface area contributed by atoms with Crippen LogP contribution in [0.3, 0.4) is 0 Å². The fourth-order valence-corrected chi connectivity index (χ4v) is 6.69. The Balaban J connectivity index is 1.55. The molecule has 186 valence electrons. The number of sulfonamides is 1. The molecule has 0 aliphatic carbocycles. The SMILES string of the molecule is Cc1nnc(C(=O)CC(C)c2cc(F)c(CN3[C@H](C)CC[C@@H](c4ccccc4)S3(=O)=O)cc2F)o1. The van der Waals surface area contributed by atoms with Crippen molar-refractivity contribution in [1.29, 1.82) is 0 Å². The zero-order chi connectivity index (χ0) is 25.3. The van der Waals surface area contributed by atoms with Gasteiger partial charge in [0.05, 0.1) is 0 Å². The van der Waals surface area contributed by atoms with Crippen molar-refractivity contribution in [3.8, 4) is 0 Å². The molecule has 1 saturated heterocycles. The van der Waals surface area contributed by atoms with Gasteiger partial charge in [-0.15, -0.1) is 10.2 Å². The molecule has 3 aromatic rings. The summed E-state index contributed by atoms with van der Waals surface area (Å²) in [5.74, 6) is -2.49. The van der Waals surface area contributed by atoms with Gasteiger partial charge in [0.1, 0.15) is 16.9 Å². The van der Waals surface area contributed by atoms with E-state index < -0.39 is 38.6 Å². The van der Waals surface area contributed by atoms with Gasteiger partial charge in [0.25, 0.3) is 5.89 Å². The highest BCUT2D eigenvalue weighted by atomic mass is 32.2. The number of aromatic nitrogens is 2. The lowest BCUT2D eigenvalue weighted by molar-refractivity contribution is 0.0940. The average Bonchev–Trinajstić information content (AvgIpc) is 3.25. The van der Waals surface area contributed by atoms with Crippen LogP contribution in [0.15, 0.2) is 46.9 Å². The third kappa shape index (κ3) is 5.18. The van der Waals surface area contributed by atoms with Gasteiger partial charge in [0, 0.05) is 31.5 Å². The molecule has 0 amide bonds. The lowest BCUT2D eigenvalue weighted by atomic mass is 9.93. The van der Waals surface area contributed by atoms with E-state index in [1.807, 2.05) is 6.07 Å². The Hall–Kier alpha value is -2.98. The quantitative estimate of drug-likeness (QED) is 0.417. The van der Waals surface area contributed by atoms with Crippen LogP contribution in [0.1, 0.15) is 77.5 Å². The van der Waals surface area contributed by atoms with E-state index in [1.165, 1.54) is 4.31 Å². The first-order valence-corrected chi connectivity index (χ1v) is 12.9. The first-order chi connectivity index (χ1) is 16.6. The van der Waals surface area contributed by atoms with Crippen LogP contribution >= 0.6 is 0 Å². The molecule has 0 radical (unpaired) electrons. The number of rotatable bonds is 7. The number of hydrogen-bond acceptors (Lipinski definition) is 6. The summed E-state index contributed by atoms with van der Waals surface area (Å²) in [6, 6.07) is 10.6. The van der Waals surface area contributed by atoms with E-state index in [4.69, 9.17) is 4.42 Å². The Labute approximate surface area is 203 Å². The largest absolute Gasteiger partial charge is 0.419 e. The second kappa shape index (κ2) is 9.94.